The van der Waals surface area contributed by atoms with Crippen molar-refractivity contribution in [1.82, 2.24) is 10.6 Å². The Morgan fingerprint density at radius 2 is 1.68 bits per heavy atom. The molecule has 0 aliphatic heterocycles. The minimum Gasteiger partial charge on any atom is -0.350 e. The third kappa shape index (κ3) is 7.85. The summed E-state index contributed by atoms with van der Waals surface area (Å²) in [6.07, 6.45) is 7.99. The van der Waals surface area contributed by atoms with Gasteiger partial charge >= 0.3 is 0 Å². The maximum absolute atomic E-state index is 11.7. The van der Waals surface area contributed by atoms with E-state index in [1.807, 2.05) is 20.8 Å². The van der Waals surface area contributed by atoms with Crippen LogP contribution in [0.25, 0.3) is 0 Å². The van der Waals surface area contributed by atoms with Crippen LogP contribution in [-0.2, 0) is 9.59 Å². The fourth-order valence-corrected chi connectivity index (χ4v) is 2.54. The molecule has 2 N–H and O–H groups in total. The van der Waals surface area contributed by atoms with Gasteiger partial charge in [-0.3, -0.25) is 9.59 Å². The Morgan fingerprint density at radius 3 is 2.26 bits per heavy atom. The molecule has 1 aliphatic carbocycles. The quantitative estimate of drug-likeness (QED) is 0.804. The van der Waals surface area contributed by atoms with Crippen LogP contribution in [0, 0.1) is 5.92 Å². The Balaban J connectivity index is 2.12. The summed E-state index contributed by atoms with van der Waals surface area (Å²) in [5.74, 6) is 0.580. The van der Waals surface area contributed by atoms with Crippen LogP contribution in [0.15, 0.2) is 0 Å². The number of amides is 2. The summed E-state index contributed by atoms with van der Waals surface area (Å²) in [5.41, 5.74) is -0.246. The highest BCUT2D eigenvalue weighted by molar-refractivity contribution is 5.84. The Labute approximate surface area is 116 Å². The van der Waals surface area contributed by atoms with E-state index in [0.717, 1.165) is 6.42 Å². The number of hydrogen-bond donors (Lipinski definition) is 2. The molecule has 110 valence electrons. The maximum Gasteiger partial charge on any atom is 0.239 e. The number of nitrogens with one attached hydrogen (secondary N) is 2. The molecule has 4 heteroatoms. The highest BCUT2D eigenvalue weighted by Crippen LogP contribution is 2.27. The Morgan fingerprint density at radius 1 is 1.05 bits per heavy atom. The molecule has 0 aromatic heterocycles. The van der Waals surface area contributed by atoms with Gasteiger partial charge in [-0.15, -0.1) is 0 Å². The summed E-state index contributed by atoms with van der Waals surface area (Å²) in [4.78, 5) is 23.2. The van der Waals surface area contributed by atoms with Gasteiger partial charge in [0.15, 0.2) is 0 Å². The number of rotatable bonds is 5. The molecule has 0 saturated heterocycles. The van der Waals surface area contributed by atoms with Crippen molar-refractivity contribution in [3.8, 4) is 0 Å². The van der Waals surface area contributed by atoms with Crippen molar-refractivity contribution in [2.75, 3.05) is 6.54 Å². The molecule has 1 saturated carbocycles. The van der Waals surface area contributed by atoms with Crippen LogP contribution >= 0.6 is 0 Å². The molecule has 0 bridgehead atoms. The van der Waals surface area contributed by atoms with Gasteiger partial charge in [0, 0.05) is 12.0 Å². The van der Waals surface area contributed by atoms with Gasteiger partial charge in [-0.25, -0.2) is 0 Å². The maximum atomic E-state index is 11.7. The van der Waals surface area contributed by atoms with Crippen molar-refractivity contribution >= 4 is 11.8 Å². The molecule has 0 heterocycles. The van der Waals surface area contributed by atoms with Crippen LogP contribution in [0.2, 0.25) is 0 Å². The molecule has 4 nitrogen and oxygen atoms in total. The molecular formula is C15H28N2O2. The Hall–Kier alpha value is -1.06. The topological polar surface area (TPSA) is 58.2 Å². The van der Waals surface area contributed by atoms with E-state index in [1.54, 1.807) is 0 Å². The van der Waals surface area contributed by atoms with Crippen LogP contribution in [0.4, 0.5) is 0 Å². The second-order valence-electron chi connectivity index (χ2n) is 6.62. The molecular weight excluding hydrogens is 240 g/mol. The zero-order chi connectivity index (χ0) is 14.3. The van der Waals surface area contributed by atoms with Crippen LogP contribution in [-0.4, -0.2) is 23.9 Å². The molecule has 0 aromatic rings. The minimum atomic E-state index is -0.246. The van der Waals surface area contributed by atoms with Crippen molar-refractivity contribution in [2.24, 2.45) is 5.92 Å². The molecule has 0 spiro atoms. The fraction of sp³-hybridized carbons (Fsp3) is 0.867. The highest BCUT2D eigenvalue weighted by atomic mass is 16.2. The molecule has 0 aromatic carbocycles. The largest absolute Gasteiger partial charge is 0.350 e. The number of hydrogen-bond acceptors (Lipinski definition) is 2. The zero-order valence-corrected chi connectivity index (χ0v) is 12.6. The van der Waals surface area contributed by atoms with Gasteiger partial charge in [0.1, 0.15) is 0 Å². The first-order valence-electron chi connectivity index (χ1n) is 7.44. The Bertz CT molecular complexity index is 302. The molecule has 0 atom stereocenters. The average molecular weight is 268 g/mol. The van der Waals surface area contributed by atoms with Crippen molar-refractivity contribution in [3.63, 3.8) is 0 Å². The normalized spacial score (nSPS) is 17.0. The van der Waals surface area contributed by atoms with Crippen molar-refractivity contribution in [3.05, 3.63) is 0 Å². The molecule has 1 rings (SSSR count). The van der Waals surface area contributed by atoms with E-state index >= 15 is 0 Å². The highest BCUT2D eigenvalue weighted by Gasteiger charge is 2.16. The first-order valence-corrected chi connectivity index (χ1v) is 7.44. The second kappa shape index (κ2) is 7.51. The van der Waals surface area contributed by atoms with Gasteiger partial charge in [0.05, 0.1) is 6.54 Å². The van der Waals surface area contributed by atoms with E-state index in [-0.39, 0.29) is 23.9 Å². The molecule has 0 unspecified atom stereocenters. The van der Waals surface area contributed by atoms with Gasteiger partial charge in [0.2, 0.25) is 11.8 Å². The molecule has 0 radical (unpaired) electrons. The van der Waals surface area contributed by atoms with Crippen LogP contribution in [0.3, 0.4) is 0 Å². The lowest BCUT2D eigenvalue weighted by molar-refractivity contribution is -0.127. The van der Waals surface area contributed by atoms with E-state index in [1.165, 1.54) is 32.1 Å². The number of carbonyl (C=O) groups excluding carboxylic acids is 2. The SMILES string of the molecule is CC(C)(C)NC(=O)CNC(=O)CCC1CCCCC1. The van der Waals surface area contributed by atoms with Gasteiger partial charge in [-0.2, -0.15) is 0 Å². The summed E-state index contributed by atoms with van der Waals surface area (Å²) >= 11 is 0. The van der Waals surface area contributed by atoms with Crippen molar-refractivity contribution in [2.45, 2.75) is 71.3 Å². The standard InChI is InChI=1S/C15H28N2O2/c1-15(2,3)17-14(19)11-16-13(18)10-9-12-7-5-4-6-8-12/h12H,4-11H2,1-3H3,(H,16,18)(H,17,19). The lowest BCUT2D eigenvalue weighted by Gasteiger charge is -2.21. The third-order valence-corrected chi connectivity index (χ3v) is 3.46. The first kappa shape index (κ1) is 16.0. The smallest absolute Gasteiger partial charge is 0.239 e. The van der Waals surface area contributed by atoms with Gasteiger partial charge in [0.25, 0.3) is 0 Å². The van der Waals surface area contributed by atoms with Crippen LogP contribution in [0.1, 0.15) is 65.7 Å². The molecule has 1 aliphatic rings. The van der Waals surface area contributed by atoms with E-state index in [9.17, 15) is 9.59 Å². The van der Waals surface area contributed by atoms with E-state index in [0.29, 0.717) is 12.3 Å². The van der Waals surface area contributed by atoms with Gasteiger partial charge < -0.3 is 10.6 Å². The Kier molecular flexibility index (Phi) is 6.32. The molecule has 2 amide bonds. The first-order chi connectivity index (χ1) is 8.87. The summed E-state index contributed by atoms with van der Waals surface area (Å²) in [6.45, 7) is 5.86. The second-order valence-corrected chi connectivity index (χ2v) is 6.62. The molecule has 1 fully saturated rings. The van der Waals surface area contributed by atoms with Crippen molar-refractivity contribution < 1.29 is 9.59 Å². The monoisotopic (exact) mass is 268 g/mol. The summed E-state index contributed by atoms with van der Waals surface area (Å²) in [6, 6.07) is 0. The fourth-order valence-electron chi connectivity index (χ4n) is 2.54. The summed E-state index contributed by atoms with van der Waals surface area (Å²) in [5, 5.41) is 5.52. The summed E-state index contributed by atoms with van der Waals surface area (Å²) in [7, 11) is 0. The lowest BCUT2D eigenvalue weighted by atomic mass is 9.86. The lowest BCUT2D eigenvalue weighted by Crippen LogP contribution is -2.45. The van der Waals surface area contributed by atoms with E-state index in [4.69, 9.17) is 0 Å². The summed E-state index contributed by atoms with van der Waals surface area (Å²) < 4.78 is 0. The van der Waals surface area contributed by atoms with E-state index in [2.05, 4.69) is 10.6 Å². The predicted octanol–water partition coefficient (Wildman–Crippen LogP) is 2.38. The average Bonchev–Trinajstić information content (AvgIpc) is 2.33. The third-order valence-electron chi connectivity index (χ3n) is 3.46. The molecule has 19 heavy (non-hydrogen) atoms. The van der Waals surface area contributed by atoms with Crippen molar-refractivity contribution in [1.29, 1.82) is 0 Å². The number of carbonyl (C=O) groups is 2. The van der Waals surface area contributed by atoms with Crippen LogP contribution in [0.5, 0.6) is 0 Å². The van der Waals surface area contributed by atoms with Gasteiger partial charge in [-0.05, 0) is 33.1 Å². The predicted molar refractivity (Wildman–Crippen MR) is 76.7 cm³/mol. The van der Waals surface area contributed by atoms with Crippen LogP contribution < -0.4 is 10.6 Å². The van der Waals surface area contributed by atoms with Gasteiger partial charge in [-0.1, -0.05) is 32.1 Å². The van der Waals surface area contributed by atoms with E-state index < -0.39 is 0 Å². The zero-order valence-electron chi connectivity index (χ0n) is 12.6. The minimum absolute atomic E-state index is 0.00497.